The lowest BCUT2D eigenvalue weighted by Gasteiger charge is -2.10. The van der Waals surface area contributed by atoms with Crippen LogP contribution < -0.4 is 10.6 Å². The molecule has 0 atom stereocenters. The van der Waals surface area contributed by atoms with Crippen molar-refractivity contribution in [3.05, 3.63) is 23.9 Å². The van der Waals surface area contributed by atoms with Crippen molar-refractivity contribution in [3.8, 4) is 0 Å². The highest BCUT2D eigenvalue weighted by atomic mass is 15.0. The second-order valence-electron chi connectivity index (χ2n) is 3.63. The number of rotatable bonds is 5. The summed E-state index contributed by atoms with van der Waals surface area (Å²) in [5.41, 5.74) is 1.27. The minimum atomic E-state index is 0.428. The van der Waals surface area contributed by atoms with Gasteiger partial charge in [-0.25, -0.2) is 4.98 Å². The zero-order chi connectivity index (χ0) is 10.4. The zero-order valence-electron chi connectivity index (χ0n) is 9.17. The predicted octanol–water partition coefficient (Wildman–Crippen LogP) is 2.01. The van der Waals surface area contributed by atoms with Crippen LogP contribution in [0, 0.1) is 0 Å². The van der Waals surface area contributed by atoms with Crippen LogP contribution in [0.25, 0.3) is 0 Å². The van der Waals surface area contributed by atoms with Crippen LogP contribution >= 0.6 is 0 Å². The molecule has 0 radical (unpaired) electrons. The van der Waals surface area contributed by atoms with E-state index in [9.17, 15) is 0 Å². The summed E-state index contributed by atoms with van der Waals surface area (Å²) < 4.78 is 0. The Balaban J connectivity index is 2.59. The molecule has 0 aliphatic rings. The molecule has 0 amide bonds. The standard InChI is InChI=1S/C11H19N3/c1-4-12-8-10-5-6-13-11(7-10)14-9(2)3/h5-7,9,12H,4,8H2,1-3H3,(H,13,14). The smallest absolute Gasteiger partial charge is 0.126 e. The van der Waals surface area contributed by atoms with E-state index in [1.54, 1.807) is 0 Å². The third kappa shape index (κ3) is 3.75. The van der Waals surface area contributed by atoms with Crippen molar-refractivity contribution in [1.82, 2.24) is 10.3 Å². The molecule has 0 saturated heterocycles. The molecule has 0 bridgehead atoms. The van der Waals surface area contributed by atoms with Gasteiger partial charge in [-0.15, -0.1) is 0 Å². The van der Waals surface area contributed by atoms with E-state index >= 15 is 0 Å². The average molecular weight is 193 g/mol. The number of nitrogens with zero attached hydrogens (tertiary/aromatic N) is 1. The molecule has 0 aromatic carbocycles. The Morgan fingerprint density at radius 1 is 1.43 bits per heavy atom. The van der Waals surface area contributed by atoms with Crippen LogP contribution in [0.2, 0.25) is 0 Å². The maximum Gasteiger partial charge on any atom is 0.126 e. The van der Waals surface area contributed by atoms with E-state index in [2.05, 4.69) is 42.5 Å². The Hall–Kier alpha value is -1.09. The fourth-order valence-electron chi connectivity index (χ4n) is 1.23. The van der Waals surface area contributed by atoms with Crippen molar-refractivity contribution in [2.75, 3.05) is 11.9 Å². The van der Waals surface area contributed by atoms with E-state index in [1.165, 1.54) is 5.56 Å². The van der Waals surface area contributed by atoms with Crippen LogP contribution in [0.1, 0.15) is 26.3 Å². The lowest BCUT2D eigenvalue weighted by Crippen LogP contribution is -2.14. The van der Waals surface area contributed by atoms with E-state index in [4.69, 9.17) is 0 Å². The predicted molar refractivity (Wildman–Crippen MR) is 60.4 cm³/mol. The first-order chi connectivity index (χ1) is 6.72. The average Bonchev–Trinajstić information content (AvgIpc) is 2.14. The molecule has 1 heterocycles. The lowest BCUT2D eigenvalue weighted by molar-refractivity contribution is 0.725. The first kappa shape index (κ1) is 11.0. The van der Waals surface area contributed by atoms with Crippen LogP contribution in [-0.4, -0.2) is 17.6 Å². The van der Waals surface area contributed by atoms with Gasteiger partial charge in [-0.3, -0.25) is 0 Å². The Bertz CT molecular complexity index is 271. The van der Waals surface area contributed by atoms with Crippen LogP contribution in [0.5, 0.6) is 0 Å². The van der Waals surface area contributed by atoms with Gasteiger partial charge in [0, 0.05) is 18.8 Å². The SMILES string of the molecule is CCNCc1ccnc(NC(C)C)c1. The summed E-state index contributed by atoms with van der Waals surface area (Å²) in [4.78, 5) is 4.25. The minimum Gasteiger partial charge on any atom is -0.368 e. The molecule has 14 heavy (non-hydrogen) atoms. The second-order valence-corrected chi connectivity index (χ2v) is 3.63. The lowest BCUT2D eigenvalue weighted by atomic mass is 10.2. The van der Waals surface area contributed by atoms with Gasteiger partial charge in [0.2, 0.25) is 0 Å². The van der Waals surface area contributed by atoms with Crippen LogP contribution in [-0.2, 0) is 6.54 Å². The topological polar surface area (TPSA) is 37.0 Å². The molecule has 78 valence electrons. The quantitative estimate of drug-likeness (QED) is 0.751. The Morgan fingerprint density at radius 2 is 2.21 bits per heavy atom. The fourth-order valence-corrected chi connectivity index (χ4v) is 1.23. The van der Waals surface area contributed by atoms with Crippen LogP contribution in [0.15, 0.2) is 18.3 Å². The highest BCUT2D eigenvalue weighted by Crippen LogP contribution is 2.07. The Kier molecular flexibility index (Phi) is 4.40. The highest BCUT2D eigenvalue weighted by Gasteiger charge is 1.98. The fraction of sp³-hybridized carbons (Fsp3) is 0.545. The molecule has 0 aliphatic carbocycles. The van der Waals surface area contributed by atoms with E-state index < -0.39 is 0 Å². The third-order valence-electron chi connectivity index (χ3n) is 1.84. The monoisotopic (exact) mass is 193 g/mol. The molecule has 0 aliphatic heterocycles. The summed E-state index contributed by atoms with van der Waals surface area (Å²) in [6, 6.07) is 4.55. The number of anilines is 1. The molecule has 0 spiro atoms. The maximum absolute atomic E-state index is 4.25. The zero-order valence-corrected chi connectivity index (χ0v) is 9.17. The summed E-state index contributed by atoms with van der Waals surface area (Å²) in [6.45, 7) is 8.23. The second kappa shape index (κ2) is 5.60. The van der Waals surface area contributed by atoms with Gasteiger partial charge < -0.3 is 10.6 Å². The summed E-state index contributed by atoms with van der Waals surface area (Å²) >= 11 is 0. The van der Waals surface area contributed by atoms with E-state index in [0.29, 0.717) is 6.04 Å². The maximum atomic E-state index is 4.25. The van der Waals surface area contributed by atoms with Crippen molar-refractivity contribution in [2.45, 2.75) is 33.4 Å². The minimum absolute atomic E-state index is 0.428. The van der Waals surface area contributed by atoms with Gasteiger partial charge in [-0.05, 0) is 38.1 Å². The number of pyridine rings is 1. The molecule has 1 aromatic heterocycles. The molecule has 0 fully saturated rings. The normalized spacial score (nSPS) is 10.6. The van der Waals surface area contributed by atoms with Gasteiger partial charge in [0.15, 0.2) is 0 Å². The van der Waals surface area contributed by atoms with Crippen molar-refractivity contribution < 1.29 is 0 Å². The van der Waals surface area contributed by atoms with Gasteiger partial charge in [-0.2, -0.15) is 0 Å². The van der Waals surface area contributed by atoms with Crippen LogP contribution in [0.4, 0.5) is 5.82 Å². The number of hydrogen-bond acceptors (Lipinski definition) is 3. The molecule has 3 heteroatoms. The van der Waals surface area contributed by atoms with Gasteiger partial charge in [0.25, 0.3) is 0 Å². The van der Waals surface area contributed by atoms with Crippen LogP contribution in [0.3, 0.4) is 0 Å². The highest BCUT2D eigenvalue weighted by molar-refractivity contribution is 5.38. The number of aromatic nitrogens is 1. The summed E-state index contributed by atoms with van der Waals surface area (Å²) in [6.07, 6.45) is 1.84. The van der Waals surface area contributed by atoms with Gasteiger partial charge in [-0.1, -0.05) is 6.92 Å². The van der Waals surface area contributed by atoms with Crippen molar-refractivity contribution >= 4 is 5.82 Å². The first-order valence-corrected chi connectivity index (χ1v) is 5.14. The number of nitrogens with one attached hydrogen (secondary N) is 2. The van der Waals surface area contributed by atoms with E-state index in [0.717, 1.165) is 18.9 Å². The molecular formula is C11H19N3. The summed E-state index contributed by atoms with van der Waals surface area (Å²) in [7, 11) is 0. The van der Waals surface area contributed by atoms with Gasteiger partial charge >= 0.3 is 0 Å². The molecule has 3 nitrogen and oxygen atoms in total. The Morgan fingerprint density at radius 3 is 2.86 bits per heavy atom. The van der Waals surface area contributed by atoms with E-state index in [-0.39, 0.29) is 0 Å². The van der Waals surface area contributed by atoms with Crippen molar-refractivity contribution in [2.24, 2.45) is 0 Å². The summed E-state index contributed by atoms with van der Waals surface area (Å²) in [5, 5.41) is 6.57. The summed E-state index contributed by atoms with van der Waals surface area (Å²) in [5.74, 6) is 0.954. The van der Waals surface area contributed by atoms with Crippen molar-refractivity contribution in [3.63, 3.8) is 0 Å². The Labute approximate surface area is 85.9 Å². The molecule has 0 saturated carbocycles. The first-order valence-electron chi connectivity index (χ1n) is 5.14. The van der Waals surface area contributed by atoms with Gasteiger partial charge in [0.05, 0.1) is 0 Å². The largest absolute Gasteiger partial charge is 0.368 e. The van der Waals surface area contributed by atoms with E-state index in [1.807, 2.05) is 12.3 Å². The molecule has 1 aromatic rings. The molecular weight excluding hydrogens is 174 g/mol. The third-order valence-corrected chi connectivity index (χ3v) is 1.84. The molecule has 1 rings (SSSR count). The molecule has 0 unspecified atom stereocenters. The van der Waals surface area contributed by atoms with Crippen molar-refractivity contribution in [1.29, 1.82) is 0 Å². The molecule has 2 N–H and O–H groups in total. The van der Waals surface area contributed by atoms with Gasteiger partial charge in [0.1, 0.15) is 5.82 Å². The number of hydrogen-bond donors (Lipinski definition) is 2.